The molecular formula is C17H33N3. The van der Waals surface area contributed by atoms with E-state index >= 15 is 0 Å². The van der Waals surface area contributed by atoms with E-state index in [9.17, 15) is 0 Å². The van der Waals surface area contributed by atoms with Crippen molar-refractivity contribution in [2.45, 2.75) is 82.3 Å². The highest BCUT2D eigenvalue weighted by Gasteiger charge is 2.31. The maximum atomic E-state index is 6.44. The van der Waals surface area contributed by atoms with Crippen LogP contribution < -0.4 is 5.73 Å². The van der Waals surface area contributed by atoms with Gasteiger partial charge in [0.25, 0.3) is 0 Å². The lowest BCUT2D eigenvalue weighted by atomic mass is 9.95. The van der Waals surface area contributed by atoms with Gasteiger partial charge < -0.3 is 10.6 Å². The molecule has 116 valence electrons. The largest absolute Gasteiger partial charge is 0.326 e. The molecule has 2 N–H and O–H groups in total. The lowest BCUT2D eigenvalue weighted by molar-refractivity contribution is 0.0630. The van der Waals surface area contributed by atoms with Crippen molar-refractivity contribution in [1.82, 2.24) is 9.80 Å². The molecule has 3 aliphatic rings. The van der Waals surface area contributed by atoms with E-state index < -0.39 is 0 Å². The first-order valence-electron chi connectivity index (χ1n) is 9.08. The van der Waals surface area contributed by atoms with Crippen LogP contribution in [0.5, 0.6) is 0 Å². The van der Waals surface area contributed by atoms with Crippen LogP contribution in [0, 0.1) is 0 Å². The van der Waals surface area contributed by atoms with Gasteiger partial charge in [0.1, 0.15) is 0 Å². The van der Waals surface area contributed by atoms with Crippen LogP contribution in [0.2, 0.25) is 0 Å². The zero-order chi connectivity index (χ0) is 13.8. The van der Waals surface area contributed by atoms with Crippen LogP contribution >= 0.6 is 0 Å². The molecule has 0 aromatic rings. The fourth-order valence-corrected chi connectivity index (χ4v) is 4.64. The highest BCUT2D eigenvalue weighted by molar-refractivity contribution is 4.89. The van der Waals surface area contributed by atoms with Crippen LogP contribution in [-0.4, -0.2) is 54.1 Å². The molecule has 0 spiro atoms. The van der Waals surface area contributed by atoms with Crippen LogP contribution in [0.1, 0.15) is 64.2 Å². The number of piperidine rings is 2. The van der Waals surface area contributed by atoms with Gasteiger partial charge in [-0.2, -0.15) is 0 Å². The van der Waals surface area contributed by atoms with Gasteiger partial charge in [0.15, 0.2) is 0 Å². The van der Waals surface area contributed by atoms with E-state index in [1.807, 2.05) is 0 Å². The van der Waals surface area contributed by atoms with Gasteiger partial charge in [-0.05, 0) is 64.7 Å². The molecule has 2 aliphatic heterocycles. The summed E-state index contributed by atoms with van der Waals surface area (Å²) >= 11 is 0. The van der Waals surface area contributed by atoms with Gasteiger partial charge in [-0.1, -0.05) is 25.7 Å². The molecule has 2 heterocycles. The van der Waals surface area contributed by atoms with Crippen molar-refractivity contribution in [3.63, 3.8) is 0 Å². The lowest BCUT2D eigenvalue weighted by Crippen LogP contribution is -2.53. The van der Waals surface area contributed by atoms with Crippen molar-refractivity contribution < 1.29 is 0 Å². The third-order valence-electron chi connectivity index (χ3n) is 5.91. The van der Waals surface area contributed by atoms with E-state index in [1.165, 1.54) is 90.4 Å². The van der Waals surface area contributed by atoms with E-state index in [-0.39, 0.29) is 0 Å². The average Bonchev–Trinajstić information content (AvgIpc) is 2.73. The highest BCUT2D eigenvalue weighted by atomic mass is 15.2. The second-order valence-electron chi connectivity index (χ2n) is 7.23. The maximum Gasteiger partial charge on any atom is 0.0247 e. The maximum absolute atomic E-state index is 6.44. The molecule has 3 heteroatoms. The minimum Gasteiger partial charge on any atom is -0.326 e. The van der Waals surface area contributed by atoms with Gasteiger partial charge in [-0.25, -0.2) is 0 Å². The van der Waals surface area contributed by atoms with Crippen molar-refractivity contribution >= 4 is 0 Å². The summed E-state index contributed by atoms with van der Waals surface area (Å²) in [7, 11) is 0. The zero-order valence-corrected chi connectivity index (χ0v) is 13.1. The zero-order valence-electron chi connectivity index (χ0n) is 13.1. The van der Waals surface area contributed by atoms with Gasteiger partial charge in [-0.15, -0.1) is 0 Å². The summed E-state index contributed by atoms with van der Waals surface area (Å²) in [6.07, 6.45) is 13.8. The molecule has 1 aliphatic carbocycles. The summed E-state index contributed by atoms with van der Waals surface area (Å²) in [6.45, 7) is 5.29. The van der Waals surface area contributed by atoms with Gasteiger partial charge in [0.05, 0.1) is 0 Å². The Labute approximate surface area is 124 Å². The predicted octanol–water partition coefficient (Wildman–Crippen LogP) is 2.60. The van der Waals surface area contributed by atoms with Gasteiger partial charge in [-0.3, -0.25) is 4.90 Å². The van der Waals surface area contributed by atoms with Gasteiger partial charge in [0, 0.05) is 18.1 Å². The summed E-state index contributed by atoms with van der Waals surface area (Å²) < 4.78 is 0. The summed E-state index contributed by atoms with van der Waals surface area (Å²) in [6, 6.07) is 1.98. The van der Waals surface area contributed by atoms with Gasteiger partial charge >= 0.3 is 0 Å². The third kappa shape index (κ3) is 3.55. The molecule has 3 rings (SSSR count). The normalized spacial score (nSPS) is 35.9. The minimum atomic E-state index is 0.434. The molecule has 1 saturated carbocycles. The molecule has 0 radical (unpaired) electrons. The first-order valence-corrected chi connectivity index (χ1v) is 9.08. The number of hydrogen-bond acceptors (Lipinski definition) is 3. The Morgan fingerprint density at radius 2 is 1.25 bits per heavy atom. The number of hydrogen-bond donors (Lipinski definition) is 1. The lowest BCUT2D eigenvalue weighted by Gasteiger charge is -2.43. The molecule has 20 heavy (non-hydrogen) atoms. The molecule has 0 aromatic heterocycles. The van der Waals surface area contributed by atoms with E-state index in [2.05, 4.69) is 9.80 Å². The average molecular weight is 279 g/mol. The predicted molar refractivity (Wildman–Crippen MR) is 84.9 cm³/mol. The molecule has 0 amide bonds. The Kier molecular flexibility index (Phi) is 5.36. The third-order valence-corrected chi connectivity index (χ3v) is 5.91. The van der Waals surface area contributed by atoms with E-state index in [4.69, 9.17) is 5.73 Å². The monoisotopic (exact) mass is 279 g/mol. The van der Waals surface area contributed by atoms with Crippen molar-refractivity contribution in [1.29, 1.82) is 0 Å². The van der Waals surface area contributed by atoms with Crippen LogP contribution in [-0.2, 0) is 0 Å². The van der Waals surface area contributed by atoms with Crippen molar-refractivity contribution in [2.24, 2.45) is 5.73 Å². The minimum absolute atomic E-state index is 0.434. The van der Waals surface area contributed by atoms with Crippen molar-refractivity contribution in [3.8, 4) is 0 Å². The molecule has 3 nitrogen and oxygen atoms in total. The quantitative estimate of drug-likeness (QED) is 0.789. The Morgan fingerprint density at radius 1 is 0.600 bits per heavy atom. The van der Waals surface area contributed by atoms with Gasteiger partial charge in [0.2, 0.25) is 0 Å². The summed E-state index contributed by atoms with van der Waals surface area (Å²) in [5, 5.41) is 0. The molecule has 2 unspecified atom stereocenters. The molecule has 0 aromatic carbocycles. The first kappa shape index (κ1) is 14.8. The van der Waals surface area contributed by atoms with Crippen molar-refractivity contribution in [3.05, 3.63) is 0 Å². The van der Waals surface area contributed by atoms with Crippen LogP contribution in [0.3, 0.4) is 0 Å². The molecule has 0 bridgehead atoms. The first-order chi connectivity index (χ1) is 9.84. The highest BCUT2D eigenvalue weighted by Crippen LogP contribution is 2.26. The second-order valence-corrected chi connectivity index (χ2v) is 7.23. The number of nitrogens with zero attached hydrogens (tertiary/aromatic N) is 2. The molecular weight excluding hydrogens is 246 g/mol. The van der Waals surface area contributed by atoms with Crippen LogP contribution in [0.15, 0.2) is 0 Å². The van der Waals surface area contributed by atoms with Crippen LogP contribution in [0.4, 0.5) is 0 Å². The Morgan fingerprint density at radius 3 is 2.00 bits per heavy atom. The summed E-state index contributed by atoms with van der Waals surface area (Å²) in [5.41, 5.74) is 6.44. The number of nitrogens with two attached hydrogens (primary N) is 1. The molecule has 3 fully saturated rings. The fraction of sp³-hybridized carbons (Fsp3) is 1.00. The Balaban J connectivity index is 1.49. The second kappa shape index (κ2) is 7.24. The fourth-order valence-electron chi connectivity index (χ4n) is 4.64. The smallest absolute Gasteiger partial charge is 0.0247 e. The Bertz CT molecular complexity index is 280. The number of likely N-dealkylation sites (tertiary alicyclic amines) is 2. The van der Waals surface area contributed by atoms with E-state index in [0.717, 1.165) is 6.04 Å². The molecule has 2 atom stereocenters. The van der Waals surface area contributed by atoms with Crippen LogP contribution in [0.25, 0.3) is 0 Å². The summed E-state index contributed by atoms with van der Waals surface area (Å²) in [4.78, 5) is 5.50. The summed E-state index contributed by atoms with van der Waals surface area (Å²) in [5.74, 6) is 0. The van der Waals surface area contributed by atoms with E-state index in [0.29, 0.717) is 12.1 Å². The van der Waals surface area contributed by atoms with E-state index in [1.54, 1.807) is 0 Å². The van der Waals surface area contributed by atoms with Crippen molar-refractivity contribution in [2.75, 3.05) is 26.2 Å². The topological polar surface area (TPSA) is 32.5 Å². The molecule has 2 saturated heterocycles. The number of rotatable bonds is 2. The Hall–Kier alpha value is -0.120. The standard InChI is InChI=1S/C17H33N3/c18-16-7-3-1-4-8-17(16)20-13-9-15(10-14-20)19-11-5-2-6-12-19/h15-17H,1-14,18H2. The SMILES string of the molecule is NC1CCCCCC1N1CCC(N2CCCCC2)CC1.